The first-order chi connectivity index (χ1) is 15.3. The minimum atomic E-state index is 0.666. The van der Waals surface area contributed by atoms with Crippen LogP contribution in [0.4, 0.5) is 5.69 Å². The molecule has 0 spiro atoms. The minimum Gasteiger partial charge on any atom is -0.364 e. The summed E-state index contributed by atoms with van der Waals surface area (Å²) in [6.07, 6.45) is 7.12. The van der Waals surface area contributed by atoms with Gasteiger partial charge in [-0.1, -0.05) is 48.6 Å². The Bertz CT molecular complexity index is 873. The van der Waals surface area contributed by atoms with Gasteiger partial charge in [-0.2, -0.15) is 0 Å². The second kappa shape index (κ2) is 11.0. The van der Waals surface area contributed by atoms with Gasteiger partial charge in [0.1, 0.15) is 0 Å². The van der Waals surface area contributed by atoms with Gasteiger partial charge in [0.25, 0.3) is 0 Å². The third-order valence-electron chi connectivity index (χ3n) is 5.95. The number of aliphatic imine (C=N–C) groups is 1. The lowest BCUT2D eigenvalue weighted by Gasteiger charge is -2.18. The number of hydrogen-bond donors (Lipinski definition) is 2. The summed E-state index contributed by atoms with van der Waals surface area (Å²) in [6.45, 7) is 9.93. The van der Waals surface area contributed by atoms with Crippen LogP contribution >= 0.6 is 0 Å². The molecule has 0 bridgehead atoms. The molecule has 0 aromatic heterocycles. The molecule has 0 atom stereocenters. The molecule has 0 amide bonds. The Morgan fingerprint density at radius 2 is 1.65 bits per heavy atom. The molecular formula is C26H35N5. The average molecular weight is 418 g/mol. The van der Waals surface area contributed by atoms with Gasteiger partial charge < -0.3 is 15.5 Å². The summed E-state index contributed by atoms with van der Waals surface area (Å²) in [5.74, 6) is 0.858. The predicted molar refractivity (Wildman–Crippen MR) is 130 cm³/mol. The van der Waals surface area contributed by atoms with Crippen LogP contribution in [0, 0.1) is 0 Å². The summed E-state index contributed by atoms with van der Waals surface area (Å²) in [4.78, 5) is 9.71. The highest BCUT2D eigenvalue weighted by molar-refractivity contribution is 5.79. The number of nitrogens with one attached hydrogen (secondary N) is 2. The standard InChI is InChI=1S/C26H35N5/c1-2-27-26(29-20-24-8-7-9-25(18-24)31-16-5-6-17-31)28-19-22-10-12-23(13-11-22)21-30-14-3-4-15-30/h5-13,18H,2-4,14-17,19-21H2,1H3,(H2,27,28,29). The Morgan fingerprint density at radius 1 is 0.903 bits per heavy atom. The maximum absolute atomic E-state index is 4.81. The van der Waals surface area contributed by atoms with Crippen molar-refractivity contribution in [2.75, 3.05) is 37.6 Å². The highest BCUT2D eigenvalue weighted by atomic mass is 15.2. The molecule has 0 radical (unpaired) electrons. The molecule has 1 saturated heterocycles. The van der Waals surface area contributed by atoms with Crippen LogP contribution in [-0.4, -0.2) is 43.6 Å². The van der Waals surface area contributed by atoms with E-state index in [4.69, 9.17) is 4.99 Å². The Balaban J connectivity index is 1.31. The van der Waals surface area contributed by atoms with Gasteiger partial charge in [0.2, 0.25) is 0 Å². The number of benzene rings is 2. The van der Waals surface area contributed by atoms with Crippen LogP contribution in [-0.2, 0) is 19.6 Å². The maximum atomic E-state index is 4.81. The normalized spacial score (nSPS) is 16.8. The molecular weight excluding hydrogens is 382 g/mol. The van der Waals surface area contributed by atoms with Crippen LogP contribution in [0.3, 0.4) is 0 Å². The van der Waals surface area contributed by atoms with Crippen LogP contribution < -0.4 is 15.5 Å². The maximum Gasteiger partial charge on any atom is 0.191 e. The monoisotopic (exact) mass is 417 g/mol. The first-order valence-corrected chi connectivity index (χ1v) is 11.6. The largest absolute Gasteiger partial charge is 0.364 e. The van der Waals surface area contributed by atoms with Crippen LogP contribution in [0.25, 0.3) is 0 Å². The number of nitrogens with zero attached hydrogens (tertiary/aromatic N) is 3. The molecule has 1 fully saturated rings. The SMILES string of the molecule is CCNC(=NCc1cccc(N2CC=CC2)c1)NCc1ccc(CN2CCCC2)cc1. The van der Waals surface area contributed by atoms with Crippen molar-refractivity contribution in [2.24, 2.45) is 4.99 Å². The molecule has 2 aliphatic rings. The Kier molecular flexibility index (Phi) is 7.61. The zero-order valence-electron chi connectivity index (χ0n) is 18.7. The van der Waals surface area contributed by atoms with Crippen LogP contribution in [0.1, 0.15) is 36.5 Å². The zero-order valence-corrected chi connectivity index (χ0v) is 18.7. The summed E-state index contributed by atoms with van der Waals surface area (Å²) in [5.41, 5.74) is 5.18. The Morgan fingerprint density at radius 3 is 2.39 bits per heavy atom. The Labute approximate surface area is 186 Å². The number of hydrogen-bond acceptors (Lipinski definition) is 3. The number of anilines is 1. The molecule has 164 valence electrons. The van der Waals surface area contributed by atoms with E-state index in [1.54, 1.807) is 0 Å². The molecule has 2 N–H and O–H groups in total. The summed E-state index contributed by atoms with van der Waals surface area (Å²) in [7, 11) is 0. The van der Waals surface area contributed by atoms with Crippen LogP contribution in [0.15, 0.2) is 65.7 Å². The van der Waals surface area contributed by atoms with Gasteiger partial charge in [0.05, 0.1) is 6.54 Å². The van der Waals surface area contributed by atoms with Crippen molar-refractivity contribution < 1.29 is 0 Å². The first-order valence-electron chi connectivity index (χ1n) is 11.6. The predicted octanol–water partition coefficient (Wildman–Crippen LogP) is 3.91. The number of guanidine groups is 1. The van der Waals surface area contributed by atoms with E-state index in [1.165, 1.54) is 48.3 Å². The number of rotatable bonds is 8. The van der Waals surface area contributed by atoms with Gasteiger partial charge in [0.15, 0.2) is 5.96 Å². The van der Waals surface area contributed by atoms with Gasteiger partial charge in [-0.05, 0) is 61.7 Å². The van der Waals surface area contributed by atoms with Gasteiger partial charge in [-0.3, -0.25) is 4.90 Å². The summed E-state index contributed by atoms with van der Waals surface area (Å²) >= 11 is 0. The third-order valence-corrected chi connectivity index (χ3v) is 5.95. The topological polar surface area (TPSA) is 42.9 Å². The molecule has 2 aromatic carbocycles. The van der Waals surface area contributed by atoms with Gasteiger partial charge >= 0.3 is 0 Å². The highest BCUT2D eigenvalue weighted by Crippen LogP contribution is 2.19. The fourth-order valence-corrected chi connectivity index (χ4v) is 4.20. The smallest absolute Gasteiger partial charge is 0.191 e. The second-order valence-electron chi connectivity index (χ2n) is 8.39. The van der Waals surface area contributed by atoms with E-state index >= 15 is 0 Å². The summed E-state index contributed by atoms with van der Waals surface area (Å²) in [6, 6.07) is 17.7. The van der Waals surface area contributed by atoms with Gasteiger partial charge in [0, 0.05) is 38.4 Å². The molecule has 5 nitrogen and oxygen atoms in total. The molecule has 2 aromatic rings. The van der Waals surface area contributed by atoms with E-state index < -0.39 is 0 Å². The van der Waals surface area contributed by atoms with Crippen LogP contribution in [0.2, 0.25) is 0 Å². The van der Waals surface area contributed by atoms with Gasteiger partial charge in [-0.15, -0.1) is 0 Å². The molecule has 0 saturated carbocycles. The molecule has 31 heavy (non-hydrogen) atoms. The lowest BCUT2D eigenvalue weighted by atomic mass is 10.1. The minimum absolute atomic E-state index is 0.666. The lowest BCUT2D eigenvalue weighted by molar-refractivity contribution is 0.331. The molecule has 2 aliphatic heterocycles. The summed E-state index contributed by atoms with van der Waals surface area (Å²) in [5, 5.41) is 6.84. The van der Waals surface area contributed by atoms with Crippen molar-refractivity contribution in [1.29, 1.82) is 0 Å². The number of likely N-dealkylation sites (tertiary alicyclic amines) is 1. The zero-order chi connectivity index (χ0) is 21.3. The fourth-order valence-electron chi connectivity index (χ4n) is 4.20. The quantitative estimate of drug-likeness (QED) is 0.388. The van der Waals surface area contributed by atoms with Crippen molar-refractivity contribution in [1.82, 2.24) is 15.5 Å². The average Bonchev–Trinajstić information content (AvgIpc) is 3.51. The molecule has 4 rings (SSSR count). The Hall–Kier alpha value is -2.79. The van der Waals surface area contributed by atoms with E-state index in [0.29, 0.717) is 6.54 Å². The fraction of sp³-hybridized carbons (Fsp3) is 0.423. The van der Waals surface area contributed by atoms with E-state index in [-0.39, 0.29) is 0 Å². The van der Waals surface area contributed by atoms with E-state index in [9.17, 15) is 0 Å². The molecule has 5 heteroatoms. The second-order valence-corrected chi connectivity index (χ2v) is 8.39. The van der Waals surface area contributed by atoms with E-state index in [2.05, 4.69) is 88.0 Å². The first kappa shape index (κ1) is 21.4. The highest BCUT2D eigenvalue weighted by Gasteiger charge is 2.11. The summed E-state index contributed by atoms with van der Waals surface area (Å²) < 4.78 is 0. The van der Waals surface area contributed by atoms with Crippen molar-refractivity contribution in [3.8, 4) is 0 Å². The van der Waals surface area contributed by atoms with E-state index in [1.807, 2.05) is 0 Å². The van der Waals surface area contributed by atoms with Crippen molar-refractivity contribution in [3.05, 3.63) is 77.4 Å². The van der Waals surface area contributed by atoms with Gasteiger partial charge in [-0.25, -0.2) is 4.99 Å². The lowest BCUT2D eigenvalue weighted by Crippen LogP contribution is -2.36. The molecule has 0 aliphatic carbocycles. The van der Waals surface area contributed by atoms with Crippen LogP contribution in [0.5, 0.6) is 0 Å². The van der Waals surface area contributed by atoms with Crippen molar-refractivity contribution >= 4 is 11.6 Å². The van der Waals surface area contributed by atoms with Crippen molar-refractivity contribution in [3.63, 3.8) is 0 Å². The third kappa shape index (κ3) is 6.34. The molecule has 0 unspecified atom stereocenters. The van der Waals surface area contributed by atoms with E-state index in [0.717, 1.165) is 38.7 Å². The molecule has 2 heterocycles. The van der Waals surface area contributed by atoms with Crippen molar-refractivity contribution in [2.45, 2.75) is 39.4 Å².